The third kappa shape index (κ3) is 3.24. The molecular weight excluding hydrogens is 222 g/mol. The van der Waals surface area contributed by atoms with Crippen LogP contribution >= 0.6 is 0 Å². The van der Waals surface area contributed by atoms with E-state index in [1.807, 2.05) is 0 Å². The highest BCUT2D eigenvalue weighted by Gasteiger charge is 2.20. The lowest BCUT2D eigenvalue weighted by Gasteiger charge is -2.07. The van der Waals surface area contributed by atoms with Crippen LogP contribution in [0.1, 0.15) is 30.4 Å². The van der Waals surface area contributed by atoms with Gasteiger partial charge in [-0.1, -0.05) is 12.8 Å². The predicted octanol–water partition coefficient (Wildman–Crippen LogP) is 2.73. The van der Waals surface area contributed by atoms with Gasteiger partial charge in [0.2, 0.25) is 0 Å². The predicted molar refractivity (Wildman–Crippen MR) is 60.1 cm³/mol. The van der Waals surface area contributed by atoms with Crippen LogP contribution < -0.4 is 5.32 Å². The third-order valence-corrected chi connectivity index (χ3v) is 3.00. The van der Waals surface area contributed by atoms with Crippen molar-refractivity contribution in [2.75, 3.05) is 6.54 Å². The van der Waals surface area contributed by atoms with Gasteiger partial charge in [-0.05, 0) is 31.0 Å². The lowest BCUT2D eigenvalue weighted by Crippen LogP contribution is -2.17. The van der Waals surface area contributed by atoms with Gasteiger partial charge in [-0.15, -0.1) is 0 Å². The number of nitriles is 1. The molecule has 1 fully saturated rings. The number of halogens is 2. The van der Waals surface area contributed by atoms with Crippen molar-refractivity contribution in [3.63, 3.8) is 0 Å². The number of nitrogens with one attached hydrogen (secondary N) is 1. The minimum atomic E-state index is -0.652. The van der Waals surface area contributed by atoms with Crippen molar-refractivity contribution >= 4 is 0 Å². The van der Waals surface area contributed by atoms with Crippen LogP contribution in [-0.2, 0) is 6.54 Å². The summed E-state index contributed by atoms with van der Waals surface area (Å²) in [6.07, 6.45) is 3.63. The Labute approximate surface area is 99.3 Å². The second kappa shape index (κ2) is 5.24. The minimum absolute atomic E-state index is 0.0137. The molecule has 1 N–H and O–H groups in total. The molecule has 90 valence electrons. The van der Waals surface area contributed by atoms with Gasteiger partial charge >= 0.3 is 0 Å². The highest BCUT2D eigenvalue weighted by atomic mass is 19.1. The second-order valence-corrected chi connectivity index (χ2v) is 4.44. The van der Waals surface area contributed by atoms with Gasteiger partial charge in [0, 0.05) is 12.1 Å². The molecule has 0 aromatic heterocycles. The highest BCUT2D eigenvalue weighted by Crippen LogP contribution is 2.31. The summed E-state index contributed by atoms with van der Waals surface area (Å²) in [6, 6.07) is 3.87. The molecule has 0 atom stereocenters. The normalized spacial score (nSPS) is 14.6. The van der Waals surface area contributed by atoms with Gasteiger partial charge in [-0.3, -0.25) is 0 Å². The van der Waals surface area contributed by atoms with Crippen molar-refractivity contribution in [1.82, 2.24) is 5.32 Å². The molecule has 0 saturated heterocycles. The maximum atomic E-state index is 13.5. The van der Waals surface area contributed by atoms with E-state index in [2.05, 4.69) is 5.32 Å². The Balaban J connectivity index is 1.92. The summed E-state index contributed by atoms with van der Waals surface area (Å²) in [4.78, 5) is 0. The lowest BCUT2D eigenvalue weighted by atomic mass is 10.1. The van der Waals surface area contributed by atoms with E-state index in [9.17, 15) is 8.78 Å². The summed E-state index contributed by atoms with van der Waals surface area (Å²) in [6.45, 7) is 0.958. The topological polar surface area (TPSA) is 35.8 Å². The number of hydrogen-bond donors (Lipinski definition) is 1. The van der Waals surface area contributed by atoms with Crippen LogP contribution in [0.5, 0.6) is 0 Å². The maximum Gasteiger partial charge on any atom is 0.131 e. The second-order valence-electron chi connectivity index (χ2n) is 4.44. The summed E-state index contributed by atoms with van der Waals surface area (Å²) in [7, 11) is 0. The first kappa shape index (κ1) is 12.0. The van der Waals surface area contributed by atoms with Crippen LogP contribution in [0, 0.1) is 28.9 Å². The van der Waals surface area contributed by atoms with Crippen molar-refractivity contribution in [1.29, 1.82) is 5.26 Å². The molecule has 0 spiro atoms. The molecule has 1 aliphatic carbocycles. The van der Waals surface area contributed by atoms with E-state index < -0.39 is 11.6 Å². The summed E-state index contributed by atoms with van der Waals surface area (Å²) < 4.78 is 26.9. The van der Waals surface area contributed by atoms with Crippen molar-refractivity contribution in [2.45, 2.75) is 25.8 Å². The zero-order chi connectivity index (χ0) is 12.3. The monoisotopic (exact) mass is 236 g/mol. The Bertz CT molecular complexity index is 424. The van der Waals surface area contributed by atoms with Gasteiger partial charge in [0.05, 0.1) is 11.6 Å². The fraction of sp³-hybridized carbons (Fsp3) is 0.462. The first-order valence-electron chi connectivity index (χ1n) is 5.79. The summed E-state index contributed by atoms with van der Waals surface area (Å²) in [5, 5.41) is 11.6. The van der Waals surface area contributed by atoms with E-state index in [1.54, 1.807) is 6.07 Å². The summed E-state index contributed by atoms with van der Waals surface area (Å²) >= 11 is 0. The molecule has 4 heteroatoms. The Morgan fingerprint density at radius 3 is 2.47 bits per heavy atom. The van der Waals surface area contributed by atoms with Gasteiger partial charge in [0.1, 0.15) is 11.6 Å². The molecule has 1 aliphatic rings. The van der Waals surface area contributed by atoms with Gasteiger partial charge in [-0.25, -0.2) is 8.78 Å². The molecule has 0 amide bonds. The van der Waals surface area contributed by atoms with Crippen molar-refractivity contribution < 1.29 is 8.78 Å². The third-order valence-electron chi connectivity index (χ3n) is 3.00. The molecular formula is C13H14F2N2. The summed E-state index contributed by atoms with van der Waals surface area (Å²) in [5.74, 6) is -0.501. The summed E-state index contributed by atoms with van der Waals surface area (Å²) in [5.41, 5.74) is 0.0292. The average molecular weight is 236 g/mol. The molecule has 1 aromatic carbocycles. The molecule has 0 aliphatic heterocycles. The standard InChI is InChI=1S/C13H14F2N2/c14-12-5-10(7-16)6-13(15)11(12)8-17-4-3-9-1-2-9/h5-6,9,17H,1-4,8H2. The van der Waals surface area contributed by atoms with E-state index in [-0.39, 0.29) is 17.7 Å². The fourth-order valence-electron chi connectivity index (χ4n) is 1.76. The molecule has 0 bridgehead atoms. The Kier molecular flexibility index (Phi) is 3.70. The van der Waals surface area contributed by atoms with E-state index in [0.29, 0.717) is 0 Å². The van der Waals surface area contributed by atoms with Crippen LogP contribution in [0.15, 0.2) is 12.1 Å². The Morgan fingerprint density at radius 2 is 1.94 bits per heavy atom. The van der Waals surface area contributed by atoms with Crippen molar-refractivity contribution in [3.05, 3.63) is 34.9 Å². The van der Waals surface area contributed by atoms with Crippen LogP contribution in [-0.4, -0.2) is 6.54 Å². The SMILES string of the molecule is N#Cc1cc(F)c(CNCCC2CC2)c(F)c1. The van der Waals surface area contributed by atoms with Crippen molar-refractivity contribution in [2.24, 2.45) is 5.92 Å². The first-order valence-corrected chi connectivity index (χ1v) is 5.79. The molecule has 1 aromatic rings. The fourth-order valence-corrected chi connectivity index (χ4v) is 1.76. The lowest BCUT2D eigenvalue weighted by molar-refractivity contribution is 0.527. The number of rotatable bonds is 5. The molecule has 2 rings (SSSR count). The first-order chi connectivity index (χ1) is 8.20. The highest BCUT2D eigenvalue weighted by molar-refractivity contribution is 5.34. The molecule has 2 nitrogen and oxygen atoms in total. The number of hydrogen-bond acceptors (Lipinski definition) is 2. The molecule has 0 unspecified atom stereocenters. The van der Waals surface area contributed by atoms with Crippen LogP contribution in [0.4, 0.5) is 8.78 Å². The molecule has 0 radical (unpaired) electrons. The van der Waals surface area contributed by atoms with Gasteiger partial charge in [0.15, 0.2) is 0 Å². The maximum absolute atomic E-state index is 13.5. The zero-order valence-corrected chi connectivity index (χ0v) is 9.47. The number of benzene rings is 1. The van der Waals surface area contributed by atoms with Crippen molar-refractivity contribution in [3.8, 4) is 6.07 Å². The van der Waals surface area contributed by atoms with E-state index >= 15 is 0 Å². The smallest absolute Gasteiger partial charge is 0.131 e. The number of nitrogens with zero attached hydrogens (tertiary/aromatic N) is 1. The van der Waals surface area contributed by atoms with Gasteiger partial charge < -0.3 is 5.32 Å². The van der Waals surface area contributed by atoms with Gasteiger partial charge in [-0.2, -0.15) is 5.26 Å². The van der Waals surface area contributed by atoms with Crippen LogP contribution in [0.3, 0.4) is 0 Å². The average Bonchev–Trinajstić information content (AvgIpc) is 3.10. The van der Waals surface area contributed by atoms with Crippen LogP contribution in [0.2, 0.25) is 0 Å². The molecule has 17 heavy (non-hydrogen) atoms. The largest absolute Gasteiger partial charge is 0.312 e. The molecule has 0 heterocycles. The molecule has 1 saturated carbocycles. The minimum Gasteiger partial charge on any atom is -0.312 e. The quantitative estimate of drug-likeness (QED) is 0.798. The van der Waals surface area contributed by atoms with E-state index in [0.717, 1.165) is 31.0 Å². The zero-order valence-electron chi connectivity index (χ0n) is 9.47. The van der Waals surface area contributed by atoms with E-state index in [1.165, 1.54) is 12.8 Å². The Hall–Kier alpha value is -1.47. The van der Waals surface area contributed by atoms with Crippen LogP contribution in [0.25, 0.3) is 0 Å². The van der Waals surface area contributed by atoms with Gasteiger partial charge in [0.25, 0.3) is 0 Å². The Morgan fingerprint density at radius 1 is 1.29 bits per heavy atom. The van der Waals surface area contributed by atoms with E-state index in [4.69, 9.17) is 5.26 Å².